The van der Waals surface area contributed by atoms with E-state index < -0.39 is 0 Å². The number of halogens is 1. The lowest BCUT2D eigenvalue weighted by atomic mass is 10.1. The van der Waals surface area contributed by atoms with Crippen LogP contribution in [-0.2, 0) is 6.42 Å². The minimum atomic E-state index is -0.145. The molecule has 1 aliphatic heterocycles. The molecule has 0 aliphatic carbocycles. The summed E-state index contributed by atoms with van der Waals surface area (Å²) in [4.78, 5) is 7.18. The van der Waals surface area contributed by atoms with E-state index in [0.29, 0.717) is 18.9 Å². The van der Waals surface area contributed by atoms with Crippen molar-refractivity contribution >= 4 is 11.6 Å². The van der Waals surface area contributed by atoms with Crippen LogP contribution in [0, 0.1) is 11.7 Å². The highest BCUT2D eigenvalue weighted by atomic mass is 19.1. The summed E-state index contributed by atoms with van der Waals surface area (Å²) in [6.45, 7) is 6.46. The number of nitrogens with zero attached hydrogens (tertiary/aromatic N) is 2. The molecule has 4 nitrogen and oxygen atoms in total. The number of para-hydroxylation sites is 1. The number of aliphatic imine (C=N–C) groups is 1. The van der Waals surface area contributed by atoms with Crippen LogP contribution in [0.4, 0.5) is 10.1 Å². The van der Waals surface area contributed by atoms with Crippen molar-refractivity contribution in [3.05, 3.63) is 66.0 Å². The van der Waals surface area contributed by atoms with Crippen molar-refractivity contribution in [2.45, 2.75) is 19.8 Å². The Bertz CT molecular complexity index is 732. The zero-order chi connectivity index (χ0) is 18.9. The number of rotatable bonds is 7. The van der Waals surface area contributed by atoms with E-state index in [4.69, 9.17) is 4.99 Å². The average Bonchev–Trinajstić information content (AvgIpc) is 3.17. The summed E-state index contributed by atoms with van der Waals surface area (Å²) in [5.41, 5.74) is 2.02. The van der Waals surface area contributed by atoms with Crippen LogP contribution in [0.15, 0.2) is 59.6 Å². The number of anilines is 1. The predicted octanol–water partition coefficient (Wildman–Crippen LogP) is 3.45. The van der Waals surface area contributed by atoms with E-state index >= 15 is 0 Å². The lowest BCUT2D eigenvalue weighted by Crippen LogP contribution is -2.38. The number of hydrogen-bond acceptors (Lipinski definition) is 2. The van der Waals surface area contributed by atoms with Crippen LogP contribution in [0.25, 0.3) is 0 Å². The monoisotopic (exact) mass is 368 g/mol. The molecular formula is C22H29FN4. The standard InChI is InChI=1S/C22H29FN4/c1-2-24-22(25-14-12-19-8-6-7-11-21(19)23)26-16-18-13-15-27(17-18)20-9-4-3-5-10-20/h3-11,18H,2,12-17H2,1H3,(H2,24,25,26). The molecule has 2 N–H and O–H groups in total. The van der Waals surface area contributed by atoms with Gasteiger partial charge >= 0.3 is 0 Å². The Morgan fingerprint density at radius 1 is 1.11 bits per heavy atom. The third kappa shape index (κ3) is 5.71. The number of benzene rings is 2. The third-order valence-corrected chi connectivity index (χ3v) is 4.90. The van der Waals surface area contributed by atoms with Gasteiger partial charge in [0.05, 0.1) is 0 Å². The Labute approximate surface area is 161 Å². The van der Waals surface area contributed by atoms with Crippen LogP contribution >= 0.6 is 0 Å². The fourth-order valence-electron chi connectivity index (χ4n) is 3.43. The van der Waals surface area contributed by atoms with Crippen molar-refractivity contribution < 1.29 is 4.39 Å². The van der Waals surface area contributed by atoms with E-state index in [1.54, 1.807) is 6.07 Å². The lowest BCUT2D eigenvalue weighted by Gasteiger charge is -2.18. The molecule has 0 amide bonds. The molecule has 1 fully saturated rings. The minimum Gasteiger partial charge on any atom is -0.371 e. The highest BCUT2D eigenvalue weighted by Crippen LogP contribution is 2.23. The fourth-order valence-corrected chi connectivity index (χ4v) is 3.43. The van der Waals surface area contributed by atoms with E-state index in [0.717, 1.165) is 44.1 Å². The summed E-state index contributed by atoms with van der Waals surface area (Å²) in [6.07, 6.45) is 1.80. The quantitative estimate of drug-likeness (QED) is 0.581. The normalized spacial score (nSPS) is 17.2. The van der Waals surface area contributed by atoms with Gasteiger partial charge in [0.15, 0.2) is 5.96 Å². The van der Waals surface area contributed by atoms with Crippen LogP contribution in [0.1, 0.15) is 18.9 Å². The summed E-state index contributed by atoms with van der Waals surface area (Å²) >= 11 is 0. The van der Waals surface area contributed by atoms with Crippen LogP contribution in [0.3, 0.4) is 0 Å². The molecule has 27 heavy (non-hydrogen) atoms. The van der Waals surface area contributed by atoms with Crippen molar-refractivity contribution in [3.63, 3.8) is 0 Å². The molecule has 1 unspecified atom stereocenters. The maximum Gasteiger partial charge on any atom is 0.191 e. The van der Waals surface area contributed by atoms with Gasteiger partial charge < -0.3 is 15.5 Å². The summed E-state index contributed by atoms with van der Waals surface area (Å²) in [7, 11) is 0. The summed E-state index contributed by atoms with van der Waals surface area (Å²) in [5.74, 6) is 1.23. The molecule has 0 spiro atoms. The van der Waals surface area contributed by atoms with Crippen LogP contribution in [0.5, 0.6) is 0 Å². The van der Waals surface area contributed by atoms with Gasteiger partial charge in [-0.1, -0.05) is 36.4 Å². The molecule has 1 saturated heterocycles. The molecule has 1 aliphatic rings. The zero-order valence-corrected chi connectivity index (χ0v) is 16.0. The Balaban J connectivity index is 1.48. The van der Waals surface area contributed by atoms with Gasteiger partial charge in [-0.15, -0.1) is 0 Å². The van der Waals surface area contributed by atoms with Gasteiger partial charge in [-0.3, -0.25) is 4.99 Å². The molecule has 2 aromatic rings. The molecule has 0 bridgehead atoms. The highest BCUT2D eigenvalue weighted by Gasteiger charge is 2.22. The van der Waals surface area contributed by atoms with Crippen molar-refractivity contribution in [2.24, 2.45) is 10.9 Å². The predicted molar refractivity (Wildman–Crippen MR) is 111 cm³/mol. The van der Waals surface area contributed by atoms with E-state index in [1.807, 2.05) is 12.1 Å². The Morgan fingerprint density at radius 3 is 2.67 bits per heavy atom. The highest BCUT2D eigenvalue weighted by molar-refractivity contribution is 5.79. The van der Waals surface area contributed by atoms with E-state index in [9.17, 15) is 4.39 Å². The summed E-state index contributed by atoms with van der Waals surface area (Å²) in [6, 6.07) is 17.5. The molecule has 0 radical (unpaired) electrons. The molecule has 0 saturated carbocycles. The van der Waals surface area contributed by atoms with Crippen molar-refractivity contribution in [2.75, 3.05) is 37.6 Å². The summed E-state index contributed by atoms with van der Waals surface area (Å²) in [5, 5.41) is 6.60. The molecular weight excluding hydrogens is 339 g/mol. The fraction of sp³-hybridized carbons (Fsp3) is 0.409. The zero-order valence-electron chi connectivity index (χ0n) is 16.0. The first-order chi connectivity index (χ1) is 13.3. The molecule has 3 rings (SSSR count). The Kier molecular flexibility index (Phi) is 7.08. The van der Waals surface area contributed by atoms with Gasteiger partial charge in [0, 0.05) is 38.4 Å². The molecule has 5 heteroatoms. The largest absolute Gasteiger partial charge is 0.371 e. The summed E-state index contributed by atoms with van der Waals surface area (Å²) < 4.78 is 13.7. The van der Waals surface area contributed by atoms with Gasteiger partial charge in [-0.25, -0.2) is 4.39 Å². The Hall–Kier alpha value is -2.56. The van der Waals surface area contributed by atoms with E-state index in [2.05, 4.69) is 52.8 Å². The number of guanidine groups is 1. The second kappa shape index (κ2) is 9.95. The minimum absolute atomic E-state index is 0.145. The van der Waals surface area contributed by atoms with Gasteiger partial charge in [0.2, 0.25) is 0 Å². The van der Waals surface area contributed by atoms with Crippen molar-refractivity contribution in [3.8, 4) is 0 Å². The Morgan fingerprint density at radius 2 is 1.89 bits per heavy atom. The molecule has 1 heterocycles. The van der Waals surface area contributed by atoms with Crippen LogP contribution in [0.2, 0.25) is 0 Å². The third-order valence-electron chi connectivity index (χ3n) is 4.90. The van der Waals surface area contributed by atoms with Crippen molar-refractivity contribution in [1.29, 1.82) is 0 Å². The number of nitrogens with one attached hydrogen (secondary N) is 2. The van der Waals surface area contributed by atoms with Crippen LogP contribution in [-0.4, -0.2) is 38.7 Å². The van der Waals surface area contributed by atoms with E-state index in [-0.39, 0.29) is 5.82 Å². The van der Waals surface area contributed by atoms with Gasteiger partial charge in [-0.05, 0) is 49.4 Å². The van der Waals surface area contributed by atoms with Gasteiger partial charge in [0.1, 0.15) is 5.82 Å². The van der Waals surface area contributed by atoms with Gasteiger partial charge in [0.25, 0.3) is 0 Å². The average molecular weight is 369 g/mol. The number of hydrogen-bond donors (Lipinski definition) is 2. The first-order valence-electron chi connectivity index (χ1n) is 9.82. The second-order valence-electron chi connectivity index (χ2n) is 6.92. The molecule has 2 aromatic carbocycles. The molecule has 1 atom stereocenters. The van der Waals surface area contributed by atoms with Gasteiger partial charge in [-0.2, -0.15) is 0 Å². The smallest absolute Gasteiger partial charge is 0.191 e. The van der Waals surface area contributed by atoms with Crippen molar-refractivity contribution in [1.82, 2.24) is 10.6 Å². The van der Waals surface area contributed by atoms with E-state index in [1.165, 1.54) is 11.8 Å². The second-order valence-corrected chi connectivity index (χ2v) is 6.92. The maximum atomic E-state index is 13.7. The van der Waals surface area contributed by atoms with Crippen LogP contribution < -0.4 is 15.5 Å². The first-order valence-corrected chi connectivity index (χ1v) is 9.82. The topological polar surface area (TPSA) is 39.7 Å². The SMILES string of the molecule is CCNC(=NCC1CCN(c2ccccc2)C1)NCCc1ccccc1F. The molecule has 0 aromatic heterocycles. The maximum absolute atomic E-state index is 13.7. The lowest BCUT2D eigenvalue weighted by molar-refractivity contribution is 0.596. The molecule has 144 valence electrons. The first kappa shape index (κ1) is 19.2.